The van der Waals surface area contributed by atoms with E-state index in [0.29, 0.717) is 16.9 Å². The van der Waals surface area contributed by atoms with Gasteiger partial charge in [-0.05, 0) is 49.8 Å². The van der Waals surface area contributed by atoms with Crippen LogP contribution in [-0.4, -0.2) is 39.6 Å². The van der Waals surface area contributed by atoms with Crippen molar-refractivity contribution in [2.45, 2.75) is 20.0 Å². The number of methoxy groups -OCH3 is 1. The molecule has 33 heavy (non-hydrogen) atoms. The number of phenolic OH excluding ortho intramolecular Hbond substituents is 1. The van der Waals surface area contributed by atoms with Crippen LogP contribution in [0.15, 0.2) is 59.4 Å². The number of para-hydroxylation sites is 1. The van der Waals surface area contributed by atoms with Crippen molar-refractivity contribution < 1.29 is 24.2 Å². The third-order valence-corrected chi connectivity index (χ3v) is 5.08. The van der Waals surface area contributed by atoms with Crippen LogP contribution in [0.3, 0.4) is 0 Å². The highest BCUT2D eigenvalue weighted by atomic mass is 16.5. The van der Waals surface area contributed by atoms with Gasteiger partial charge in [-0.25, -0.2) is 9.48 Å². The molecule has 0 radical (unpaired) electrons. The molecule has 1 atom stereocenters. The molecular formula is C24H25N3O6. The van der Waals surface area contributed by atoms with Crippen molar-refractivity contribution in [2.24, 2.45) is 7.05 Å². The van der Waals surface area contributed by atoms with Crippen LogP contribution >= 0.6 is 0 Å². The van der Waals surface area contributed by atoms with Gasteiger partial charge in [0.25, 0.3) is 11.5 Å². The number of carbonyl (C=O) groups is 2. The average Bonchev–Trinajstić information content (AvgIpc) is 3.02. The maximum absolute atomic E-state index is 12.9. The number of esters is 1. The Labute approximate surface area is 190 Å². The number of anilines is 1. The number of aromatic nitrogens is 2. The first-order valence-electron chi connectivity index (χ1n) is 10.1. The fourth-order valence-electron chi connectivity index (χ4n) is 3.17. The molecule has 0 aliphatic rings. The molecule has 9 nitrogen and oxygen atoms in total. The predicted molar refractivity (Wildman–Crippen MR) is 124 cm³/mol. The third-order valence-electron chi connectivity index (χ3n) is 5.08. The summed E-state index contributed by atoms with van der Waals surface area (Å²) in [5.74, 6) is -1.13. The highest BCUT2D eigenvalue weighted by Gasteiger charge is 2.22. The highest BCUT2D eigenvalue weighted by molar-refractivity contribution is 5.97. The molecular weight excluding hydrogens is 426 g/mol. The lowest BCUT2D eigenvalue weighted by Crippen LogP contribution is -2.31. The van der Waals surface area contributed by atoms with E-state index in [4.69, 9.17) is 9.47 Å². The molecule has 1 amide bonds. The summed E-state index contributed by atoms with van der Waals surface area (Å²) < 4.78 is 13.3. The number of ether oxygens (including phenoxy) is 2. The van der Waals surface area contributed by atoms with Crippen LogP contribution in [0.4, 0.5) is 5.69 Å². The number of amides is 1. The maximum Gasteiger partial charge on any atom is 0.331 e. The normalized spacial score (nSPS) is 11.9. The Kier molecular flexibility index (Phi) is 7.02. The van der Waals surface area contributed by atoms with Crippen LogP contribution < -0.4 is 15.6 Å². The van der Waals surface area contributed by atoms with E-state index in [-0.39, 0.29) is 17.2 Å². The van der Waals surface area contributed by atoms with Gasteiger partial charge in [0.1, 0.15) is 5.69 Å². The predicted octanol–water partition coefficient (Wildman–Crippen LogP) is 2.78. The molecule has 0 saturated carbocycles. The molecule has 3 aromatic rings. The molecule has 0 spiro atoms. The van der Waals surface area contributed by atoms with Crippen LogP contribution in [0.5, 0.6) is 11.5 Å². The summed E-state index contributed by atoms with van der Waals surface area (Å²) in [6.45, 7) is 3.13. The first kappa shape index (κ1) is 23.4. The fourth-order valence-corrected chi connectivity index (χ4v) is 3.17. The van der Waals surface area contributed by atoms with Gasteiger partial charge in [-0.15, -0.1) is 0 Å². The number of nitrogens with zero attached hydrogens (tertiary/aromatic N) is 2. The molecule has 0 fully saturated rings. The second kappa shape index (κ2) is 9.90. The van der Waals surface area contributed by atoms with Crippen molar-refractivity contribution in [2.75, 3.05) is 12.4 Å². The average molecular weight is 451 g/mol. The van der Waals surface area contributed by atoms with Crippen molar-refractivity contribution in [3.05, 3.63) is 76.2 Å². The van der Waals surface area contributed by atoms with Crippen molar-refractivity contribution in [1.82, 2.24) is 9.36 Å². The molecule has 172 valence electrons. The first-order chi connectivity index (χ1) is 15.7. The lowest BCUT2D eigenvalue weighted by Gasteiger charge is -2.11. The topological polar surface area (TPSA) is 112 Å². The minimum atomic E-state index is -1.14. The molecule has 2 aromatic carbocycles. The number of carbonyl (C=O) groups excluding carboxylic acids is 2. The van der Waals surface area contributed by atoms with E-state index in [1.165, 1.54) is 30.9 Å². The van der Waals surface area contributed by atoms with Crippen LogP contribution in [0.1, 0.15) is 18.2 Å². The number of nitrogens with one attached hydrogen (secondary N) is 1. The summed E-state index contributed by atoms with van der Waals surface area (Å²) in [7, 11) is 3.13. The van der Waals surface area contributed by atoms with Crippen LogP contribution in [0, 0.1) is 6.92 Å². The smallest absolute Gasteiger partial charge is 0.331 e. The molecule has 9 heteroatoms. The lowest BCUT2D eigenvalue weighted by atomic mass is 10.2. The zero-order valence-electron chi connectivity index (χ0n) is 18.7. The van der Waals surface area contributed by atoms with Crippen LogP contribution in [0.25, 0.3) is 11.8 Å². The molecule has 1 aromatic heterocycles. The quantitative estimate of drug-likeness (QED) is 0.422. The Morgan fingerprint density at radius 1 is 1.15 bits per heavy atom. The van der Waals surface area contributed by atoms with Gasteiger partial charge in [0.15, 0.2) is 17.6 Å². The van der Waals surface area contributed by atoms with Gasteiger partial charge >= 0.3 is 5.97 Å². The van der Waals surface area contributed by atoms with E-state index in [9.17, 15) is 19.5 Å². The summed E-state index contributed by atoms with van der Waals surface area (Å²) in [6, 6.07) is 13.6. The third kappa shape index (κ3) is 5.15. The monoisotopic (exact) mass is 451 g/mol. The molecule has 0 aliphatic heterocycles. The van der Waals surface area contributed by atoms with Gasteiger partial charge in [0, 0.05) is 13.1 Å². The molecule has 3 rings (SSSR count). The van der Waals surface area contributed by atoms with Crippen LogP contribution in [0.2, 0.25) is 0 Å². The van der Waals surface area contributed by atoms with E-state index < -0.39 is 23.5 Å². The van der Waals surface area contributed by atoms with E-state index in [0.717, 1.165) is 6.08 Å². The molecule has 0 saturated heterocycles. The molecule has 2 N–H and O–H groups in total. The minimum Gasteiger partial charge on any atom is -0.504 e. The van der Waals surface area contributed by atoms with Crippen molar-refractivity contribution in [3.8, 4) is 17.2 Å². The Bertz CT molecular complexity index is 1260. The summed E-state index contributed by atoms with van der Waals surface area (Å²) in [5, 5.41) is 12.2. The number of hydrogen-bond acceptors (Lipinski definition) is 6. The zero-order valence-corrected chi connectivity index (χ0v) is 18.7. The number of hydrogen-bond donors (Lipinski definition) is 2. The van der Waals surface area contributed by atoms with Gasteiger partial charge in [-0.3, -0.25) is 14.3 Å². The van der Waals surface area contributed by atoms with E-state index >= 15 is 0 Å². The van der Waals surface area contributed by atoms with E-state index in [1.54, 1.807) is 42.9 Å². The molecule has 0 unspecified atom stereocenters. The first-order valence-corrected chi connectivity index (χ1v) is 10.1. The summed E-state index contributed by atoms with van der Waals surface area (Å²) in [5.41, 5.74) is 1.52. The lowest BCUT2D eigenvalue weighted by molar-refractivity contribution is -0.148. The van der Waals surface area contributed by atoms with Gasteiger partial charge in [0.05, 0.1) is 18.5 Å². The second-order valence-corrected chi connectivity index (χ2v) is 7.27. The number of aromatic hydroxyl groups is 1. The van der Waals surface area contributed by atoms with Crippen molar-refractivity contribution >= 4 is 23.6 Å². The summed E-state index contributed by atoms with van der Waals surface area (Å²) in [4.78, 5) is 37.6. The van der Waals surface area contributed by atoms with E-state index in [2.05, 4.69) is 5.32 Å². The number of phenols is 1. The maximum atomic E-state index is 12.9. The molecule has 1 heterocycles. The van der Waals surface area contributed by atoms with E-state index in [1.807, 2.05) is 18.2 Å². The zero-order chi connectivity index (χ0) is 24.1. The summed E-state index contributed by atoms with van der Waals surface area (Å²) >= 11 is 0. The van der Waals surface area contributed by atoms with Gasteiger partial charge in [-0.1, -0.05) is 24.3 Å². The Morgan fingerprint density at radius 2 is 1.85 bits per heavy atom. The largest absolute Gasteiger partial charge is 0.504 e. The number of benzene rings is 2. The van der Waals surface area contributed by atoms with Gasteiger partial charge in [0.2, 0.25) is 0 Å². The standard InChI is InChI=1S/C24H25N3O6/c1-15-22(24(31)27(26(15)3)18-8-6-5-7-9-18)25-23(30)16(2)33-21(29)13-11-17-10-12-19(28)20(14-17)32-4/h5-14,16,28H,1-4H3,(H,25,30)/b13-11+/t16-/m1/s1. The van der Waals surface area contributed by atoms with Gasteiger partial charge in [-0.2, -0.15) is 0 Å². The van der Waals surface area contributed by atoms with Crippen molar-refractivity contribution in [3.63, 3.8) is 0 Å². The van der Waals surface area contributed by atoms with Crippen LogP contribution in [-0.2, 0) is 21.4 Å². The molecule has 0 bridgehead atoms. The Hall–Kier alpha value is -4.27. The van der Waals surface area contributed by atoms with Crippen molar-refractivity contribution in [1.29, 1.82) is 0 Å². The summed E-state index contributed by atoms with van der Waals surface area (Å²) in [6.07, 6.45) is 1.49. The second-order valence-electron chi connectivity index (χ2n) is 7.27. The molecule has 0 aliphatic carbocycles. The van der Waals surface area contributed by atoms with Gasteiger partial charge < -0.3 is 19.9 Å². The minimum absolute atomic E-state index is 0.0231. The Morgan fingerprint density at radius 3 is 2.52 bits per heavy atom. The SMILES string of the molecule is COc1cc(/C=C/C(=O)O[C@H](C)C(=O)Nc2c(C)n(C)n(-c3ccccc3)c2=O)ccc1O. The highest BCUT2D eigenvalue weighted by Crippen LogP contribution is 2.26. The Balaban J connectivity index is 1.69. The number of rotatable bonds is 7. The fraction of sp³-hybridized carbons (Fsp3) is 0.208.